The molecule has 0 bridgehead atoms. The van der Waals surface area contributed by atoms with Crippen LogP contribution in [0.1, 0.15) is 13.3 Å². The Morgan fingerprint density at radius 2 is 2.10 bits per heavy atom. The normalized spacial score (nSPS) is 20.9. The predicted octanol–water partition coefficient (Wildman–Crippen LogP) is 1.57. The van der Waals surface area contributed by atoms with E-state index in [1.807, 2.05) is 6.92 Å². The summed E-state index contributed by atoms with van der Waals surface area (Å²) in [6.45, 7) is 7.99. The minimum Gasteiger partial charge on any atom is -0.355 e. The number of allylic oxidation sites excluding steroid dienone is 1. The van der Waals surface area contributed by atoms with Crippen molar-refractivity contribution in [2.75, 3.05) is 20.0 Å². The monoisotopic (exact) mass is 142 g/mol. The highest BCUT2D eigenvalue weighted by molar-refractivity contribution is 4.90. The van der Waals surface area contributed by atoms with E-state index in [1.54, 1.807) is 0 Å². The molecule has 1 fully saturated rings. The van der Waals surface area contributed by atoms with Crippen LogP contribution in [0.4, 0.5) is 0 Å². The Morgan fingerprint density at radius 1 is 1.50 bits per heavy atom. The maximum atomic E-state index is 5.12. The number of hydrogen-bond donors (Lipinski definition) is 0. The smallest absolute Gasteiger partial charge is 0.146 e. The first-order valence-corrected chi connectivity index (χ1v) is 3.59. The van der Waals surface area contributed by atoms with Crippen LogP contribution in [-0.2, 0) is 9.47 Å². The van der Waals surface area contributed by atoms with Crippen LogP contribution in [0.15, 0.2) is 12.2 Å². The second-order valence-corrected chi connectivity index (χ2v) is 2.89. The Balaban J connectivity index is 2.19. The standard InChI is InChI=1S/C8H14O2/c1-7(2)3-8-4-9-6-10-5-8/h8H,1,3-6H2,2H3. The maximum Gasteiger partial charge on any atom is 0.146 e. The maximum absolute atomic E-state index is 5.12. The van der Waals surface area contributed by atoms with Crippen LogP contribution in [0.2, 0.25) is 0 Å². The molecule has 0 aromatic heterocycles. The summed E-state index contributed by atoms with van der Waals surface area (Å²) in [6, 6.07) is 0. The third-order valence-corrected chi connectivity index (χ3v) is 1.51. The van der Waals surface area contributed by atoms with Gasteiger partial charge in [-0.25, -0.2) is 0 Å². The van der Waals surface area contributed by atoms with Crippen LogP contribution in [-0.4, -0.2) is 20.0 Å². The van der Waals surface area contributed by atoms with Crippen LogP contribution >= 0.6 is 0 Å². The van der Waals surface area contributed by atoms with Gasteiger partial charge in [-0.2, -0.15) is 0 Å². The van der Waals surface area contributed by atoms with E-state index in [1.165, 1.54) is 5.57 Å². The lowest BCUT2D eigenvalue weighted by atomic mass is 10.0. The van der Waals surface area contributed by atoms with Crippen molar-refractivity contribution in [1.29, 1.82) is 0 Å². The van der Waals surface area contributed by atoms with Crippen LogP contribution in [0.3, 0.4) is 0 Å². The number of ether oxygens (including phenoxy) is 2. The molecule has 0 saturated carbocycles. The largest absolute Gasteiger partial charge is 0.355 e. The molecule has 58 valence electrons. The summed E-state index contributed by atoms with van der Waals surface area (Å²) >= 11 is 0. The van der Waals surface area contributed by atoms with Gasteiger partial charge < -0.3 is 9.47 Å². The zero-order valence-electron chi connectivity index (χ0n) is 6.43. The minimum absolute atomic E-state index is 0.465. The van der Waals surface area contributed by atoms with Crippen LogP contribution in [0.25, 0.3) is 0 Å². The summed E-state index contributed by atoms with van der Waals surface area (Å²) in [7, 11) is 0. The van der Waals surface area contributed by atoms with Crippen molar-refractivity contribution in [2.45, 2.75) is 13.3 Å². The molecule has 1 rings (SSSR count). The van der Waals surface area contributed by atoms with E-state index >= 15 is 0 Å². The van der Waals surface area contributed by atoms with E-state index in [4.69, 9.17) is 9.47 Å². The van der Waals surface area contributed by atoms with Gasteiger partial charge in [-0.15, -0.1) is 6.58 Å². The highest BCUT2D eigenvalue weighted by Crippen LogP contribution is 2.13. The van der Waals surface area contributed by atoms with Gasteiger partial charge in [0, 0.05) is 5.92 Å². The van der Waals surface area contributed by atoms with Crippen molar-refractivity contribution in [3.05, 3.63) is 12.2 Å². The summed E-state index contributed by atoms with van der Waals surface area (Å²) in [5, 5.41) is 0. The summed E-state index contributed by atoms with van der Waals surface area (Å²) in [6.07, 6.45) is 1.03. The lowest BCUT2D eigenvalue weighted by molar-refractivity contribution is -0.125. The van der Waals surface area contributed by atoms with Crippen molar-refractivity contribution in [2.24, 2.45) is 5.92 Å². The quantitative estimate of drug-likeness (QED) is 0.545. The minimum atomic E-state index is 0.465. The molecule has 10 heavy (non-hydrogen) atoms. The van der Waals surface area contributed by atoms with Gasteiger partial charge in [-0.05, 0) is 13.3 Å². The average Bonchev–Trinajstić information content (AvgIpc) is 1.88. The molecule has 0 amide bonds. The van der Waals surface area contributed by atoms with Crippen LogP contribution < -0.4 is 0 Å². The van der Waals surface area contributed by atoms with Crippen LogP contribution in [0.5, 0.6) is 0 Å². The van der Waals surface area contributed by atoms with E-state index in [9.17, 15) is 0 Å². The molecular formula is C8H14O2. The van der Waals surface area contributed by atoms with Gasteiger partial charge in [0.05, 0.1) is 13.2 Å². The number of rotatable bonds is 2. The van der Waals surface area contributed by atoms with Gasteiger partial charge in [0.15, 0.2) is 0 Å². The Bertz CT molecular complexity index is 114. The molecule has 0 aliphatic carbocycles. The lowest BCUT2D eigenvalue weighted by Gasteiger charge is -2.21. The molecule has 1 saturated heterocycles. The summed E-state index contributed by atoms with van der Waals surface area (Å²) in [5.41, 5.74) is 1.21. The van der Waals surface area contributed by atoms with E-state index < -0.39 is 0 Å². The molecule has 1 aliphatic rings. The molecule has 0 aromatic rings. The molecule has 0 aromatic carbocycles. The van der Waals surface area contributed by atoms with Crippen molar-refractivity contribution >= 4 is 0 Å². The summed E-state index contributed by atoms with van der Waals surface area (Å²) in [4.78, 5) is 0. The molecule has 1 aliphatic heterocycles. The summed E-state index contributed by atoms with van der Waals surface area (Å²) in [5.74, 6) is 0.534. The molecular weight excluding hydrogens is 128 g/mol. The van der Waals surface area contributed by atoms with Gasteiger partial charge in [0.2, 0.25) is 0 Å². The highest BCUT2D eigenvalue weighted by Gasteiger charge is 2.13. The topological polar surface area (TPSA) is 18.5 Å². The van der Waals surface area contributed by atoms with Crippen molar-refractivity contribution in [1.82, 2.24) is 0 Å². The first kappa shape index (κ1) is 7.76. The van der Waals surface area contributed by atoms with Gasteiger partial charge in [0.25, 0.3) is 0 Å². The molecule has 0 radical (unpaired) electrons. The van der Waals surface area contributed by atoms with Gasteiger partial charge in [-0.3, -0.25) is 0 Å². The second kappa shape index (κ2) is 3.74. The van der Waals surface area contributed by atoms with Gasteiger partial charge >= 0.3 is 0 Å². The molecule has 0 N–H and O–H groups in total. The molecule has 0 atom stereocenters. The van der Waals surface area contributed by atoms with Crippen LogP contribution in [0, 0.1) is 5.92 Å². The SMILES string of the molecule is C=C(C)CC1COCOC1. The second-order valence-electron chi connectivity index (χ2n) is 2.89. The van der Waals surface area contributed by atoms with Gasteiger partial charge in [0.1, 0.15) is 6.79 Å². The fourth-order valence-electron chi connectivity index (χ4n) is 1.15. The third-order valence-electron chi connectivity index (χ3n) is 1.51. The van der Waals surface area contributed by atoms with Gasteiger partial charge in [-0.1, -0.05) is 5.57 Å². The van der Waals surface area contributed by atoms with E-state index in [-0.39, 0.29) is 0 Å². The molecule has 2 nitrogen and oxygen atoms in total. The van der Waals surface area contributed by atoms with Crippen molar-refractivity contribution in [3.8, 4) is 0 Å². The molecule has 1 heterocycles. The first-order valence-electron chi connectivity index (χ1n) is 3.59. The average molecular weight is 142 g/mol. The number of hydrogen-bond acceptors (Lipinski definition) is 2. The Labute approximate surface area is 61.8 Å². The fourth-order valence-corrected chi connectivity index (χ4v) is 1.15. The summed E-state index contributed by atoms with van der Waals surface area (Å²) < 4.78 is 10.2. The fraction of sp³-hybridized carbons (Fsp3) is 0.750. The van der Waals surface area contributed by atoms with Crippen molar-refractivity contribution in [3.63, 3.8) is 0 Å². The molecule has 0 unspecified atom stereocenters. The van der Waals surface area contributed by atoms with E-state index in [0.29, 0.717) is 12.7 Å². The zero-order valence-corrected chi connectivity index (χ0v) is 6.43. The third kappa shape index (κ3) is 2.50. The zero-order chi connectivity index (χ0) is 7.40. The highest BCUT2D eigenvalue weighted by atomic mass is 16.7. The van der Waals surface area contributed by atoms with E-state index in [2.05, 4.69) is 6.58 Å². The van der Waals surface area contributed by atoms with Crippen molar-refractivity contribution < 1.29 is 9.47 Å². The Hall–Kier alpha value is -0.340. The first-order chi connectivity index (χ1) is 4.79. The molecule has 2 heteroatoms. The Morgan fingerprint density at radius 3 is 2.60 bits per heavy atom. The Kier molecular flexibility index (Phi) is 2.90. The van der Waals surface area contributed by atoms with E-state index in [0.717, 1.165) is 19.6 Å². The molecule has 0 spiro atoms. The predicted molar refractivity (Wildman–Crippen MR) is 39.7 cm³/mol. The lowest BCUT2D eigenvalue weighted by Crippen LogP contribution is -2.23.